The molecule has 2 N–H and O–H groups in total. The van der Waals surface area contributed by atoms with Crippen molar-refractivity contribution in [3.63, 3.8) is 0 Å². The van der Waals surface area contributed by atoms with E-state index < -0.39 is 5.91 Å². The molecule has 1 aromatic heterocycles. The molecule has 0 unspecified atom stereocenters. The molecule has 7 heteroatoms. The van der Waals surface area contributed by atoms with Crippen molar-refractivity contribution in [1.82, 2.24) is 14.9 Å². The van der Waals surface area contributed by atoms with Crippen molar-refractivity contribution < 1.29 is 14.3 Å². The lowest BCUT2D eigenvalue weighted by atomic mass is 10.3. The first-order valence-corrected chi connectivity index (χ1v) is 5.17. The van der Waals surface area contributed by atoms with Crippen molar-refractivity contribution in [2.75, 3.05) is 26.3 Å². The molecule has 7 nitrogen and oxygen atoms in total. The van der Waals surface area contributed by atoms with E-state index in [1.165, 1.54) is 12.4 Å². The number of aromatic nitrogens is 2. The number of hydrogen-bond donors (Lipinski definition) is 1. The summed E-state index contributed by atoms with van der Waals surface area (Å²) in [6, 6.07) is 0. The smallest absolute Gasteiger partial charge is 0.291 e. The Bertz CT molecular complexity index is 426. The Kier molecular flexibility index (Phi) is 3.29. The van der Waals surface area contributed by atoms with Gasteiger partial charge in [-0.15, -0.1) is 0 Å². The zero-order chi connectivity index (χ0) is 12.3. The van der Waals surface area contributed by atoms with Gasteiger partial charge in [0.15, 0.2) is 0 Å². The molecule has 0 aromatic carbocycles. The number of ether oxygens (including phenoxy) is 1. The van der Waals surface area contributed by atoms with Crippen LogP contribution in [0.3, 0.4) is 0 Å². The van der Waals surface area contributed by atoms with Crippen molar-refractivity contribution in [3.05, 3.63) is 23.8 Å². The Labute approximate surface area is 97.6 Å². The lowest BCUT2D eigenvalue weighted by Gasteiger charge is -2.25. The predicted molar refractivity (Wildman–Crippen MR) is 57.3 cm³/mol. The first-order valence-electron chi connectivity index (χ1n) is 5.17. The summed E-state index contributed by atoms with van der Waals surface area (Å²) in [4.78, 5) is 32.0. The van der Waals surface area contributed by atoms with Gasteiger partial charge in [0.2, 0.25) is 5.82 Å². The summed E-state index contributed by atoms with van der Waals surface area (Å²) in [6.45, 7) is 2.09. The third kappa shape index (κ3) is 2.56. The SMILES string of the molecule is NC(=O)c1cnc(C(=O)N2CCOCC2)nc1. The maximum atomic E-state index is 11.9. The molecular weight excluding hydrogens is 224 g/mol. The zero-order valence-electron chi connectivity index (χ0n) is 9.13. The molecule has 1 aliphatic rings. The highest BCUT2D eigenvalue weighted by Crippen LogP contribution is 2.03. The van der Waals surface area contributed by atoms with Gasteiger partial charge in [0.05, 0.1) is 18.8 Å². The second kappa shape index (κ2) is 4.88. The van der Waals surface area contributed by atoms with Gasteiger partial charge in [0, 0.05) is 25.5 Å². The lowest BCUT2D eigenvalue weighted by molar-refractivity contribution is 0.0294. The third-order valence-corrected chi connectivity index (χ3v) is 2.43. The summed E-state index contributed by atoms with van der Waals surface area (Å²) < 4.78 is 5.14. The molecule has 0 bridgehead atoms. The highest BCUT2D eigenvalue weighted by Gasteiger charge is 2.20. The van der Waals surface area contributed by atoms with Gasteiger partial charge in [-0.3, -0.25) is 9.59 Å². The number of carbonyl (C=O) groups excluding carboxylic acids is 2. The molecule has 1 saturated heterocycles. The van der Waals surface area contributed by atoms with Gasteiger partial charge < -0.3 is 15.4 Å². The molecule has 2 amide bonds. The predicted octanol–water partition coefficient (Wildman–Crippen LogP) is -0.952. The molecule has 0 aliphatic carbocycles. The molecule has 0 spiro atoms. The quantitative estimate of drug-likeness (QED) is 0.713. The molecule has 0 atom stereocenters. The minimum Gasteiger partial charge on any atom is -0.378 e. The molecule has 17 heavy (non-hydrogen) atoms. The van der Waals surface area contributed by atoms with E-state index in [0.717, 1.165) is 0 Å². The number of primary amides is 1. The van der Waals surface area contributed by atoms with Gasteiger partial charge in [0.25, 0.3) is 11.8 Å². The van der Waals surface area contributed by atoms with Crippen molar-refractivity contribution in [1.29, 1.82) is 0 Å². The summed E-state index contributed by atoms with van der Waals surface area (Å²) in [5, 5.41) is 0. The van der Waals surface area contributed by atoms with Gasteiger partial charge in [0.1, 0.15) is 0 Å². The molecule has 2 rings (SSSR count). The van der Waals surface area contributed by atoms with Crippen LogP contribution in [0.4, 0.5) is 0 Å². The Morgan fingerprint density at radius 2 is 1.82 bits per heavy atom. The maximum Gasteiger partial charge on any atom is 0.291 e. The molecule has 1 aliphatic heterocycles. The highest BCUT2D eigenvalue weighted by atomic mass is 16.5. The average Bonchev–Trinajstić information content (AvgIpc) is 2.39. The van der Waals surface area contributed by atoms with Crippen molar-refractivity contribution >= 4 is 11.8 Å². The molecule has 90 valence electrons. The van der Waals surface area contributed by atoms with Crippen LogP contribution in [0, 0.1) is 0 Å². The Morgan fingerprint density at radius 3 is 2.35 bits per heavy atom. The summed E-state index contributed by atoms with van der Waals surface area (Å²) >= 11 is 0. The van der Waals surface area contributed by atoms with Crippen molar-refractivity contribution in [3.8, 4) is 0 Å². The maximum absolute atomic E-state index is 11.9. The van der Waals surface area contributed by atoms with Crippen LogP contribution in [0.5, 0.6) is 0 Å². The zero-order valence-corrected chi connectivity index (χ0v) is 9.13. The minimum absolute atomic E-state index is 0.0666. The first-order chi connectivity index (χ1) is 8.18. The van der Waals surface area contributed by atoms with E-state index in [1.54, 1.807) is 4.90 Å². The van der Waals surface area contributed by atoms with E-state index in [4.69, 9.17) is 10.5 Å². The van der Waals surface area contributed by atoms with Crippen LogP contribution >= 0.6 is 0 Å². The van der Waals surface area contributed by atoms with E-state index in [0.29, 0.717) is 26.3 Å². The largest absolute Gasteiger partial charge is 0.378 e. The number of amides is 2. The summed E-state index contributed by atoms with van der Waals surface area (Å²) in [6.07, 6.45) is 2.51. The monoisotopic (exact) mass is 236 g/mol. The van der Waals surface area contributed by atoms with Gasteiger partial charge >= 0.3 is 0 Å². The molecular formula is C10H12N4O3. The van der Waals surface area contributed by atoms with Crippen LogP contribution in [0.1, 0.15) is 21.0 Å². The number of nitrogens with two attached hydrogens (primary N) is 1. The summed E-state index contributed by atoms with van der Waals surface area (Å²) in [5.74, 6) is -0.809. The standard InChI is InChI=1S/C10H12N4O3/c11-8(15)7-5-12-9(13-6-7)10(16)14-1-3-17-4-2-14/h5-6H,1-4H2,(H2,11,15). The summed E-state index contributed by atoms with van der Waals surface area (Å²) in [5.41, 5.74) is 5.24. The molecule has 2 heterocycles. The van der Waals surface area contributed by atoms with Crippen LogP contribution in [-0.2, 0) is 4.74 Å². The fourth-order valence-corrected chi connectivity index (χ4v) is 1.47. The Morgan fingerprint density at radius 1 is 1.24 bits per heavy atom. The van der Waals surface area contributed by atoms with Crippen molar-refractivity contribution in [2.24, 2.45) is 5.73 Å². The van der Waals surface area contributed by atoms with Gasteiger partial charge in [-0.2, -0.15) is 0 Å². The molecule has 1 fully saturated rings. The second-order valence-corrected chi connectivity index (χ2v) is 3.56. The van der Waals surface area contributed by atoms with E-state index in [9.17, 15) is 9.59 Å². The molecule has 0 radical (unpaired) electrons. The van der Waals surface area contributed by atoms with Gasteiger partial charge in [-0.1, -0.05) is 0 Å². The Hall–Kier alpha value is -2.02. The third-order valence-electron chi connectivity index (χ3n) is 2.43. The lowest BCUT2D eigenvalue weighted by Crippen LogP contribution is -2.41. The second-order valence-electron chi connectivity index (χ2n) is 3.56. The molecule has 1 aromatic rings. The van der Waals surface area contributed by atoms with Crippen LogP contribution < -0.4 is 5.73 Å². The number of rotatable bonds is 2. The highest BCUT2D eigenvalue weighted by molar-refractivity contribution is 5.93. The first kappa shape index (κ1) is 11.5. The van der Waals surface area contributed by atoms with E-state index in [-0.39, 0.29) is 17.3 Å². The van der Waals surface area contributed by atoms with Crippen LogP contribution in [0.15, 0.2) is 12.4 Å². The van der Waals surface area contributed by atoms with E-state index in [2.05, 4.69) is 9.97 Å². The van der Waals surface area contributed by atoms with Crippen LogP contribution in [0.25, 0.3) is 0 Å². The van der Waals surface area contributed by atoms with Crippen molar-refractivity contribution in [2.45, 2.75) is 0 Å². The minimum atomic E-state index is -0.615. The number of nitrogens with zero attached hydrogens (tertiary/aromatic N) is 3. The van der Waals surface area contributed by atoms with Gasteiger partial charge in [-0.05, 0) is 0 Å². The van der Waals surface area contributed by atoms with Crippen LogP contribution in [0.2, 0.25) is 0 Å². The summed E-state index contributed by atoms with van der Waals surface area (Å²) in [7, 11) is 0. The van der Waals surface area contributed by atoms with E-state index in [1.807, 2.05) is 0 Å². The number of hydrogen-bond acceptors (Lipinski definition) is 5. The van der Waals surface area contributed by atoms with Crippen LogP contribution in [-0.4, -0.2) is 53.0 Å². The fourth-order valence-electron chi connectivity index (χ4n) is 1.47. The Balaban J connectivity index is 2.10. The normalized spacial score (nSPS) is 15.6. The number of morpholine rings is 1. The van der Waals surface area contributed by atoms with E-state index >= 15 is 0 Å². The average molecular weight is 236 g/mol. The number of carbonyl (C=O) groups is 2. The van der Waals surface area contributed by atoms with Gasteiger partial charge in [-0.25, -0.2) is 9.97 Å². The fraction of sp³-hybridized carbons (Fsp3) is 0.400. The molecule has 0 saturated carbocycles. The topological polar surface area (TPSA) is 98.4 Å².